The van der Waals surface area contributed by atoms with E-state index in [-0.39, 0.29) is 19.4 Å². The van der Waals surface area contributed by atoms with Gasteiger partial charge in [-0.25, -0.2) is 4.79 Å². The highest BCUT2D eigenvalue weighted by atomic mass is 19.4. The summed E-state index contributed by atoms with van der Waals surface area (Å²) in [5, 5.41) is 2.24. The predicted octanol–water partition coefficient (Wildman–Crippen LogP) is 2.43. The van der Waals surface area contributed by atoms with Gasteiger partial charge in [-0.2, -0.15) is 13.2 Å². The Kier molecular flexibility index (Phi) is 4.37. The van der Waals surface area contributed by atoms with E-state index in [1.807, 2.05) is 5.92 Å². The summed E-state index contributed by atoms with van der Waals surface area (Å²) < 4.78 is 42.7. The van der Waals surface area contributed by atoms with Crippen molar-refractivity contribution in [3.05, 3.63) is 0 Å². The number of carbonyl (C=O) groups excluding carboxylic acids is 2. The van der Waals surface area contributed by atoms with Gasteiger partial charge in [-0.1, -0.05) is 5.92 Å². The van der Waals surface area contributed by atoms with E-state index in [1.165, 1.54) is 0 Å². The van der Waals surface area contributed by atoms with Crippen LogP contribution in [-0.2, 0) is 9.53 Å². The predicted molar refractivity (Wildman–Crippen MR) is 64.7 cm³/mol. The normalized spacial score (nSPS) is 16.7. The molecule has 1 saturated carbocycles. The zero-order valence-electron chi connectivity index (χ0n) is 11.5. The Morgan fingerprint density at radius 2 is 1.80 bits per heavy atom. The molecule has 0 bridgehead atoms. The molecular formula is C13H16F3NO3. The Morgan fingerprint density at radius 3 is 2.20 bits per heavy atom. The second kappa shape index (κ2) is 5.35. The summed E-state index contributed by atoms with van der Waals surface area (Å²) in [5.74, 6) is 3.00. The standard InChI is InChI=1S/C13H16F3NO3/c1-11(2,3)20-10(19)17-8-4-5-9(18)12(6-7-12)13(14,15)16/h6-8H2,1-3H3,(H,17,19). The fraction of sp³-hybridized carbons (Fsp3) is 0.692. The van der Waals surface area contributed by atoms with Crippen molar-refractivity contribution < 1.29 is 27.5 Å². The van der Waals surface area contributed by atoms with Crippen LogP contribution in [0, 0.1) is 17.3 Å². The number of halogens is 3. The Labute approximate surface area is 115 Å². The lowest BCUT2D eigenvalue weighted by atomic mass is 10.0. The molecule has 1 aliphatic rings. The van der Waals surface area contributed by atoms with Crippen molar-refractivity contribution in [2.75, 3.05) is 6.54 Å². The van der Waals surface area contributed by atoms with E-state index in [0.29, 0.717) is 0 Å². The number of rotatable bonds is 2. The van der Waals surface area contributed by atoms with Crippen LogP contribution in [0.15, 0.2) is 0 Å². The first kappa shape index (κ1) is 16.3. The topological polar surface area (TPSA) is 55.4 Å². The van der Waals surface area contributed by atoms with Gasteiger partial charge in [0.1, 0.15) is 11.0 Å². The molecule has 0 saturated heterocycles. The van der Waals surface area contributed by atoms with Crippen LogP contribution in [0.3, 0.4) is 0 Å². The Hall–Kier alpha value is -1.71. The van der Waals surface area contributed by atoms with Crippen molar-refractivity contribution in [3.63, 3.8) is 0 Å². The van der Waals surface area contributed by atoms with E-state index in [1.54, 1.807) is 20.8 Å². The van der Waals surface area contributed by atoms with Gasteiger partial charge >= 0.3 is 12.3 Å². The second-order valence-corrected chi connectivity index (χ2v) is 5.57. The summed E-state index contributed by atoms with van der Waals surface area (Å²) in [5.41, 5.74) is -2.96. The van der Waals surface area contributed by atoms with Gasteiger partial charge in [-0.15, -0.1) is 0 Å². The largest absolute Gasteiger partial charge is 0.444 e. The summed E-state index contributed by atoms with van der Waals surface area (Å²) in [6.07, 6.45) is -5.74. The molecule has 0 spiro atoms. The fourth-order valence-corrected chi connectivity index (χ4v) is 1.44. The molecule has 1 amide bonds. The van der Waals surface area contributed by atoms with Crippen molar-refractivity contribution in [2.24, 2.45) is 5.41 Å². The Morgan fingerprint density at radius 1 is 1.25 bits per heavy atom. The lowest BCUT2D eigenvalue weighted by molar-refractivity contribution is -0.187. The molecule has 0 aromatic rings. The van der Waals surface area contributed by atoms with E-state index < -0.39 is 29.1 Å². The van der Waals surface area contributed by atoms with Crippen LogP contribution < -0.4 is 5.32 Å². The van der Waals surface area contributed by atoms with Gasteiger partial charge in [0.2, 0.25) is 5.78 Å². The molecular weight excluding hydrogens is 275 g/mol. The van der Waals surface area contributed by atoms with Crippen molar-refractivity contribution in [2.45, 2.75) is 45.4 Å². The molecule has 20 heavy (non-hydrogen) atoms. The molecule has 1 fully saturated rings. The second-order valence-electron chi connectivity index (χ2n) is 5.57. The number of ether oxygens (including phenoxy) is 1. The van der Waals surface area contributed by atoms with E-state index in [2.05, 4.69) is 11.2 Å². The van der Waals surface area contributed by atoms with Gasteiger partial charge < -0.3 is 10.1 Å². The minimum absolute atomic E-state index is 0.219. The molecule has 1 rings (SSSR count). The van der Waals surface area contributed by atoms with Gasteiger partial charge in [-0.05, 0) is 39.5 Å². The summed E-state index contributed by atoms with van der Waals surface area (Å²) in [7, 11) is 0. The fourth-order valence-electron chi connectivity index (χ4n) is 1.44. The quantitative estimate of drug-likeness (QED) is 0.628. The summed E-state index contributed by atoms with van der Waals surface area (Å²) in [4.78, 5) is 22.6. The Balaban J connectivity index is 2.45. The average Bonchev–Trinajstić information content (AvgIpc) is 3.01. The number of amides is 1. The summed E-state index contributed by atoms with van der Waals surface area (Å²) in [6, 6.07) is 0. The number of nitrogens with one attached hydrogen (secondary N) is 1. The summed E-state index contributed by atoms with van der Waals surface area (Å²) >= 11 is 0. The highest BCUT2D eigenvalue weighted by Crippen LogP contribution is 2.58. The van der Waals surface area contributed by atoms with Gasteiger partial charge in [0.25, 0.3) is 0 Å². The number of Topliss-reactive ketones (excluding diaryl/α,β-unsaturated/α-hetero) is 1. The maximum Gasteiger partial charge on any atom is 0.408 e. The van der Waals surface area contributed by atoms with Crippen molar-refractivity contribution >= 4 is 11.9 Å². The minimum atomic E-state index is -4.56. The van der Waals surface area contributed by atoms with Crippen molar-refractivity contribution in [3.8, 4) is 11.8 Å². The van der Waals surface area contributed by atoms with Crippen LogP contribution in [-0.4, -0.2) is 30.2 Å². The molecule has 112 valence electrons. The van der Waals surface area contributed by atoms with E-state index in [4.69, 9.17) is 4.74 Å². The highest BCUT2D eigenvalue weighted by molar-refractivity contribution is 6.02. The SMILES string of the molecule is CC(C)(C)OC(=O)NCC#CC(=O)C1(C(F)(F)F)CC1. The number of alkyl halides is 3. The molecule has 4 nitrogen and oxygen atoms in total. The first-order valence-electron chi connectivity index (χ1n) is 6.05. The molecule has 0 aliphatic heterocycles. The zero-order valence-corrected chi connectivity index (χ0v) is 11.5. The van der Waals surface area contributed by atoms with Crippen molar-refractivity contribution in [1.82, 2.24) is 5.32 Å². The third-order valence-electron chi connectivity index (χ3n) is 2.65. The van der Waals surface area contributed by atoms with Crippen LogP contribution in [0.1, 0.15) is 33.6 Å². The molecule has 7 heteroatoms. The Bertz CT molecular complexity index is 462. The summed E-state index contributed by atoms with van der Waals surface area (Å²) in [6.45, 7) is 4.76. The molecule has 1 aliphatic carbocycles. The van der Waals surface area contributed by atoms with Crippen LogP contribution in [0.2, 0.25) is 0 Å². The van der Waals surface area contributed by atoms with Gasteiger partial charge in [0.05, 0.1) is 6.54 Å². The average molecular weight is 291 g/mol. The lowest BCUT2D eigenvalue weighted by Gasteiger charge is -2.19. The number of hydrogen-bond donors (Lipinski definition) is 1. The zero-order chi connectivity index (χ0) is 15.6. The number of alkyl carbamates (subject to hydrolysis) is 1. The van der Waals surface area contributed by atoms with Gasteiger partial charge in [0, 0.05) is 0 Å². The molecule has 0 aromatic heterocycles. The molecule has 0 aromatic carbocycles. The van der Waals surface area contributed by atoms with Gasteiger partial charge in [0.15, 0.2) is 0 Å². The van der Waals surface area contributed by atoms with E-state index in [9.17, 15) is 22.8 Å². The maximum atomic E-state index is 12.6. The molecule has 0 unspecified atom stereocenters. The molecule has 0 heterocycles. The lowest BCUT2D eigenvalue weighted by Crippen LogP contribution is -2.33. The first-order valence-corrected chi connectivity index (χ1v) is 6.05. The highest BCUT2D eigenvalue weighted by Gasteiger charge is 2.67. The number of carbonyl (C=O) groups is 2. The maximum absolute atomic E-state index is 12.6. The van der Waals surface area contributed by atoms with Crippen LogP contribution in [0.25, 0.3) is 0 Å². The third-order valence-corrected chi connectivity index (χ3v) is 2.65. The molecule has 0 atom stereocenters. The minimum Gasteiger partial charge on any atom is -0.444 e. The monoisotopic (exact) mass is 291 g/mol. The van der Waals surface area contributed by atoms with E-state index >= 15 is 0 Å². The first-order chi connectivity index (χ1) is 8.98. The molecule has 0 radical (unpaired) electrons. The number of ketones is 1. The van der Waals surface area contributed by atoms with Crippen LogP contribution >= 0.6 is 0 Å². The smallest absolute Gasteiger partial charge is 0.408 e. The van der Waals surface area contributed by atoms with Crippen LogP contribution in [0.4, 0.5) is 18.0 Å². The van der Waals surface area contributed by atoms with E-state index in [0.717, 1.165) is 0 Å². The van der Waals surface area contributed by atoms with Crippen LogP contribution in [0.5, 0.6) is 0 Å². The van der Waals surface area contributed by atoms with Gasteiger partial charge in [-0.3, -0.25) is 4.79 Å². The molecule has 1 N–H and O–H groups in total. The van der Waals surface area contributed by atoms with Crippen molar-refractivity contribution in [1.29, 1.82) is 0 Å². The number of hydrogen-bond acceptors (Lipinski definition) is 3. The third kappa shape index (κ3) is 4.15.